The summed E-state index contributed by atoms with van der Waals surface area (Å²) in [6, 6.07) is 0. The lowest BCUT2D eigenvalue weighted by molar-refractivity contribution is -0.112. The minimum atomic E-state index is -0.871. The Bertz CT molecular complexity index is 490. The van der Waals surface area contributed by atoms with Gasteiger partial charge in [0.25, 0.3) is 5.91 Å². The summed E-state index contributed by atoms with van der Waals surface area (Å²) in [7, 11) is 0. The first-order chi connectivity index (χ1) is 8.19. The molecule has 0 saturated heterocycles. The topological polar surface area (TPSA) is 118 Å². The largest absolute Gasteiger partial charge is 0.444 e. The van der Waals surface area contributed by atoms with Crippen molar-refractivity contribution in [2.45, 2.75) is 26.4 Å². The summed E-state index contributed by atoms with van der Waals surface area (Å²) >= 11 is 1.08. The molecule has 0 saturated carbocycles. The van der Waals surface area contributed by atoms with Gasteiger partial charge in [0.15, 0.2) is 5.13 Å². The first kappa shape index (κ1) is 14.1. The Kier molecular flexibility index (Phi) is 4.02. The normalized spacial score (nSPS) is 10.8. The molecular weight excluding hydrogens is 256 g/mol. The highest BCUT2D eigenvalue weighted by atomic mass is 32.1. The van der Waals surface area contributed by atoms with E-state index in [2.05, 4.69) is 10.3 Å². The molecule has 8 heteroatoms. The Morgan fingerprint density at radius 3 is 2.61 bits per heavy atom. The molecular formula is C10H14N4O3S. The number of thiazole rings is 1. The van der Waals surface area contributed by atoms with Crippen LogP contribution in [0.25, 0.3) is 0 Å². The number of nitrogens with two attached hydrogens (primary N) is 1. The van der Waals surface area contributed by atoms with Crippen LogP contribution in [0.3, 0.4) is 0 Å². The third-order valence-corrected chi connectivity index (χ3v) is 2.37. The van der Waals surface area contributed by atoms with Crippen molar-refractivity contribution in [3.05, 3.63) is 11.1 Å². The molecule has 0 radical (unpaired) electrons. The number of rotatable bonds is 3. The minimum Gasteiger partial charge on any atom is -0.444 e. The predicted molar refractivity (Wildman–Crippen MR) is 68.0 cm³/mol. The molecule has 1 aromatic rings. The Hall–Kier alpha value is -1.96. The van der Waals surface area contributed by atoms with E-state index in [1.54, 1.807) is 20.8 Å². The number of nitrogens with zero attached hydrogens (tertiary/aromatic N) is 1. The first-order valence-electron chi connectivity index (χ1n) is 5.03. The highest BCUT2D eigenvalue weighted by Gasteiger charge is 2.18. The molecule has 2 amide bonds. The summed E-state index contributed by atoms with van der Waals surface area (Å²) in [5, 5.41) is 11.5. The highest BCUT2D eigenvalue weighted by Crippen LogP contribution is 2.17. The SMILES string of the molecule is CC(C)(C)OC(=O)Nc1nc(C(=N)C(N)=O)cs1. The molecule has 0 fully saturated rings. The number of hydrogen-bond donors (Lipinski definition) is 3. The lowest BCUT2D eigenvalue weighted by atomic mass is 10.2. The molecule has 98 valence electrons. The average molecular weight is 270 g/mol. The molecule has 0 aromatic carbocycles. The lowest BCUT2D eigenvalue weighted by Crippen LogP contribution is -2.27. The Morgan fingerprint density at radius 2 is 2.11 bits per heavy atom. The number of nitrogens with one attached hydrogen (secondary N) is 2. The van der Waals surface area contributed by atoms with Gasteiger partial charge in [-0.05, 0) is 20.8 Å². The van der Waals surface area contributed by atoms with Gasteiger partial charge < -0.3 is 10.5 Å². The lowest BCUT2D eigenvalue weighted by Gasteiger charge is -2.18. The zero-order valence-corrected chi connectivity index (χ0v) is 11.1. The molecule has 1 aromatic heterocycles. The van der Waals surface area contributed by atoms with E-state index in [1.807, 2.05) is 0 Å². The van der Waals surface area contributed by atoms with Crippen LogP contribution in [-0.2, 0) is 9.53 Å². The van der Waals surface area contributed by atoms with E-state index in [4.69, 9.17) is 15.9 Å². The van der Waals surface area contributed by atoms with E-state index in [0.29, 0.717) is 0 Å². The zero-order chi connectivity index (χ0) is 13.9. The maximum Gasteiger partial charge on any atom is 0.413 e. The van der Waals surface area contributed by atoms with Crippen molar-refractivity contribution in [3.8, 4) is 0 Å². The number of carbonyl (C=O) groups excluding carboxylic acids is 2. The Morgan fingerprint density at radius 1 is 1.50 bits per heavy atom. The van der Waals surface area contributed by atoms with Crippen LogP contribution in [0, 0.1) is 5.41 Å². The Balaban J connectivity index is 2.68. The van der Waals surface area contributed by atoms with Crippen LogP contribution in [-0.4, -0.2) is 28.3 Å². The van der Waals surface area contributed by atoms with Crippen molar-refractivity contribution >= 4 is 34.2 Å². The van der Waals surface area contributed by atoms with Crippen molar-refractivity contribution in [2.24, 2.45) is 5.73 Å². The van der Waals surface area contributed by atoms with Gasteiger partial charge in [0, 0.05) is 5.38 Å². The number of amides is 2. The summed E-state index contributed by atoms with van der Waals surface area (Å²) < 4.78 is 5.03. The molecule has 0 bridgehead atoms. The van der Waals surface area contributed by atoms with Crippen LogP contribution in [0.2, 0.25) is 0 Å². The van der Waals surface area contributed by atoms with Crippen LogP contribution >= 0.6 is 11.3 Å². The number of ether oxygens (including phenoxy) is 1. The monoisotopic (exact) mass is 270 g/mol. The van der Waals surface area contributed by atoms with Gasteiger partial charge in [0.2, 0.25) is 0 Å². The molecule has 0 unspecified atom stereocenters. The quantitative estimate of drug-likeness (QED) is 0.718. The van der Waals surface area contributed by atoms with E-state index in [9.17, 15) is 9.59 Å². The standard InChI is InChI=1S/C10H14N4O3S/c1-10(2,3)17-9(16)14-8-13-5(4-18-8)6(11)7(12)15/h4,11H,1-3H3,(H2,12,15)(H,13,14,16). The second-order valence-corrected chi connectivity index (χ2v) is 5.26. The summed E-state index contributed by atoms with van der Waals surface area (Å²) in [6.45, 7) is 5.22. The van der Waals surface area contributed by atoms with Gasteiger partial charge in [-0.1, -0.05) is 0 Å². The minimum absolute atomic E-state index is 0.124. The van der Waals surface area contributed by atoms with Gasteiger partial charge in [-0.3, -0.25) is 15.5 Å². The molecule has 0 aliphatic rings. The number of anilines is 1. The fourth-order valence-corrected chi connectivity index (χ4v) is 1.65. The van der Waals surface area contributed by atoms with Gasteiger partial charge in [-0.15, -0.1) is 11.3 Å². The molecule has 7 nitrogen and oxygen atoms in total. The van der Waals surface area contributed by atoms with Gasteiger partial charge in [-0.25, -0.2) is 9.78 Å². The maximum absolute atomic E-state index is 11.4. The smallest absolute Gasteiger partial charge is 0.413 e. The van der Waals surface area contributed by atoms with Gasteiger partial charge >= 0.3 is 6.09 Å². The van der Waals surface area contributed by atoms with Crippen LogP contribution in [0.5, 0.6) is 0 Å². The second-order valence-electron chi connectivity index (χ2n) is 4.40. The van der Waals surface area contributed by atoms with Crippen molar-refractivity contribution in [2.75, 3.05) is 5.32 Å². The van der Waals surface area contributed by atoms with Gasteiger partial charge in [-0.2, -0.15) is 0 Å². The number of primary amides is 1. The van der Waals surface area contributed by atoms with Crippen LogP contribution in [0.15, 0.2) is 5.38 Å². The summed E-state index contributed by atoms with van der Waals surface area (Å²) in [5.41, 5.74) is 4.07. The molecule has 0 aliphatic heterocycles. The van der Waals surface area contributed by atoms with Crippen molar-refractivity contribution < 1.29 is 14.3 Å². The fourth-order valence-electron chi connectivity index (χ4n) is 0.963. The molecule has 18 heavy (non-hydrogen) atoms. The number of aromatic nitrogens is 1. The molecule has 1 heterocycles. The first-order valence-corrected chi connectivity index (χ1v) is 5.91. The van der Waals surface area contributed by atoms with E-state index in [1.165, 1.54) is 5.38 Å². The summed E-state index contributed by atoms with van der Waals surface area (Å²) in [4.78, 5) is 26.1. The zero-order valence-electron chi connectivity index (χ0n) is 10.2. The van der Waals surface area contributed by atoms with E-state index >= 15 is 0 Å². The Labute approximate surface area is 108 Å². The van der Waals surface area contributed by atoms with E-state index in [-0.39, 0.29) is 10.8 Å². The van der Waals surface area contributed by atoms with Crippen molar-refractivity contribution in [1.82, 2.24) is 4.98 Å². The fraction of sp³-hybridized carbons (Fsp3) is 0.400. The van der Waals surface area contributed by atoms with Crippen molar-refractivity contribution in [3.63, 3.8) is 0 Å². The third kappa shape index (κ3) is 4.13. The third-order valence-electron chi connectivity index (χ3n) is 1.61. The predicted octanol–water partition coefficient (Wildman–Crippen LogP) is 1.34. The van der Waals surface area contributed by atoms with E-state index < -0.39 is 23.3 Å². The summed E-state index contributed by atoms with van der Waals surface area (Å²) in [6.07, 6.45) is -0.644. The maximum atomic E-state index is 11.4. The van der Waals surface area contributed by atoms with E-state index in [0.717, 1.165) is 11.3 Å². The molecule has 0 atom stereocenters. The molecule has 4 N–H and O–H groups in total. The average Bonchev–Trinajstić information content (AvgIpc) is 2.61. The van der Waals surface area contributed by atoms with Crippen molar-refractivity contribution in [1.29, 1.82) is 5.41 Å². The number of carbonyl (C=O) groups is 2. The molecule has 0 spiro atoms. The van der Waals surface area contributed by atoms with Gasteiger partial charge in [0.1, 0.15) is 17.0 Å². The van der Waals surface area contributed by atoms with Gasteiger partial charge in [0.05, 0.1) is 0 Å². The van der Waals surface area contributed by atoms with Crippen LogP contribution < -0.4 is 11.1 Å². The van der Waals surface area contributed by atoms with Crippen LogP contribution in [0.1, 0.15) is 26.5 Å². The summed E-state index contributed by atoms with van der Waals surface area (Å²) in [5.74, 6) is -0.871. The molecule has 1 rings (SSSR count). The highest BCUT2D eigenvalue weighted by molar-refractivity contribution is 7.14. The molecule has 0 aliphatic carbocycles. The van der Waals surface area contributed by atoms with Crippen LogP contribution in [0.4, 0.5) is 9.93 Å². The number of hydrogen-bond acceptors (Lipinski definition) is 6. The second kappa shape index (κ2) is 5.13.